The Labute approximate surface area is 160 Å². The summed E-state index contributed by atoms with van der Waals surface area (Å²) in [5.41, 5.74) is 8.22. The van der Waals surface area contributed by atoms with Crippen LogP contribution < -0.4 is 5.73 Å². The molecule has 1 aromatic heterocycles. The van der Waals surface area contributed by atoms with Crippen LogP contribution in [0.4, 0.5) is 0 Å². The van der Waals surface area contributed by atoms with Gasteiger partial charge in [-0.1, -0.05) is 29.8 Å². The fourth-order valence-electron chi connectivity index (χ4n) is 3.12. The van der Waals surface area contributed by atoms with Gasteiger partial charge in [0.15, 0.2) is 0 Å². The minimum atomic E-state index is -0.583. The zero-order valence-corrected chi connectivity index (χ0v) is 15.9. The minimum absolute atomic E-state index is 0. The van der Waals surface area contributed by atoms with E-state index in [1.54, 1.807) is 12.7 Å². The van der Waals surface area contributed by atoms with Crippen LogP contribution in [0.5, 0.6) is 0 Å². The quantitative estimate of drug-likeness (QED) is 0.875. The van der Waals surface area contributed by atoms with Gasteiger partial charge in [-0.05, 0) is 31.2 Å². The van der Waals surface area contributed by atoms with E-state index in [4.69, 9.17) is 5.73 Å². The van der Waals surface area contributed by atoms with Crippen LogP contribution in [0.25, 0.3) is 0 Å². The molecule has 1 amide bonds. The number of aryl methyl sites for hydroxylation is 1. The van der Waals surface area contributed by atoms with Gasteiger partial charge < -0.3 is 10.6 Å². The minimum Gasteiger partial charge on any atom is -0.341 e. The first-order valence-corrected chi connectivity index (χ1v) is 8.07. The molecule has 2 unspecified atom stereocenters. The summed E-state index contributed by atoms with van der Waals surface area (Å²) in [7, 11) is 0. The number of halogens is 2. The van der Waals surface area contributed by atoms with Gasteiger partial charge in [-0.3, -0.25) is 9.48 Å². The average Bonchev–Trinajstić information content (AvgIpc) is 3.07. The zero-order valence-electron chi connectivity index (χ0n) is 14.2. The van der Waals surface area contributed by atoms with Crippen LogP contribution >= 0.6 is 24.8 Å². The number of carbonyl (C=O) groups is 1. The van der Waals surface area contributed by atoms with E-state index in [9.17, 15) is 4.79 Å². The summed E-state index contributed by atoms with van der Waals surface area (Å²) in [6.07, 6.45) is 5.37. The van der Waals surface area contributed by atoms with Crippen LogP contribution in [-0.4, -0.2) is 38.7 Å². The van der Waals surface area contributed by atoms with E-state index >= 15 is 0 Å². The first-order valence-electron chi connectivity index (χ1n) is 8.07. The van der Waals surface area contributed by atoms with Crippen molar-refractivity contribution in [3.05, 3.63) is 48.0 Å². The summed E-state index contributed by atoms with van der Waals surface area (Å²) in [5, 5.41) is 4.15. The highest BCUT2D eigenvalue weighted by Crippen LogP contribution is 2.22. The number of hydrogen-bond donors (Lipinski definition) is 1. The Kier molecular flexibility index (Phi) is 8.35. The number of carbonyl (C=O) groups excluding carboxylic acids is 1. The van der Waals surface area contributed by atoms with E-state index in [1.165, 1.54) is 5.56 Å². The van der Waals surface area contributed by atoms with Crippen LogP contribution in [0.1, 0.15) is 30.0 Å². The second-order valence-electron chi connectivity index (χ2n) is 6.30. The van der Waals surface area contributed by atoms with Gasteiger partial charge in [-0.2, -0.15) is 5.10 Å². The molecule has 2 atom stereocenters. The molecule has 0 radical (unpaired) electrons. The summed E-state index contributed by atoms with van der Waals surface area (Å²) in [6.45, 7) is 4.34. The van der Waals surface area contributed by atoms with Crippen molar-refractivity contribution in [3.63, 3.8) is 0 Å². The summed E-state index contributed by atoms with van der Waals surface area (Å²) >= 11 is 0. The molecule has 1 fully saturated rings. The molecule has 1 aliphatic rings. The van der Waals surface area contributed by atoms with Crippen LogP contribution in [0.3, 0.4) is 0 Å². The van der Waals surface area contributed by atoms with E-state index in [0.717, 1.165) is 38.0 Å². The number of nitrogens with two attached hydrogens (primary N) is 1. The summed E-state index contributed by atoms with van der Waals surface area (Å²) < 4.78 is 1.83. The molecule has 8 heteroatoms. The van der Waals surface area contributed by atoms with Crippen molar-refractivity contribution in [3.8, 4) is 0 Å². The van der Waals surface area contributed by atoms with E-state index in [-0.39, 0.29) is 30.7 Å². The van der Waals surface area contributed by atoms with Crippen LogP contribution in [-0.2, 0) is 11.3 Å². The molecule has 1 aliphatic heterocycles. The number of amides is 1. The predicted molar refractivity (Wildman–Crippen MR) is 102 cm³/mol. The summed E-state index contributed by atoms with van der Waals surface area (Å²) in [5.74, 6) is 0.414. The van der Waals surface area contributed by atoms with E-state index < -0.39 is 6.04 Å². The Balaban J connectivity index is 0.00000156. The van der Waals surface area contributed by atoms with Crippen LogP contribution in [0.15, 0.2) is 36.9 Å². The van der Waals surface area contributed by atoms with E-state index in [1.807, 2.05) is 40.8 Å². The first kappa shape index (κ1) is 21.4. The lowest BCUT2D eigenvalue weighted by atomic mass is 9.96. The molecule has 2 heterocycles. The van der Waals surface area contributed by atoms with Crippen molar-refractivity contribution in [2.45, 2.75) is 32.4 Å². The molecule has 25 heavy (non-hydrogen) atoms. The number of rotatable bonds is 4. The number of benzene rings is 1. The standard InChI is InChI=1S/C17H23N5O.2ClH/c1-13-4-6-15(7-5-13)16(18)17(23)21-8-2-3-14(9-21)10-22-12-19-11-20-22;;/h4-7,11-12,14,16H,2-3,8-10,18H2,1H3;2*1H. The van der Waals surface area contributed by atoms with Gasteiger partial charge in [0.05, 0.1) is 0 Å². The lowest BCUT2D eigenvalue weighted by Crippen LogP contribution is -2.45. The van der Waals surface area contributed by atoms with Crippen molar-refractivity contribution in [1.29, 1.82) is 0 Å². The second-order valence-corrected chi connectivity index (χ2v) is 6.30. The molecule has 0 bridgehead atoms. The fourth-order valence-corrected chi connectivity index (χ4v) is 3.12. The molecule has 2 N–H and O–H groups in total. The Morgan fingerprint density at radius 1 is 1.32 bits per heavy atom. The molecule has 6 nitrogen and oxygen atoms in total. The van der Waals surface area contributed by atoms with Crippen molar-refractivity contribution >= 4 is 30.7 Å². The normalized spacial score (nSPS) is 18.0. The number of likely N-dealkylation sites (tertiary alicyclic amines) is 1. The van der Waals surface area contributed by atoms with E-state index in [2.05, 4.69) is 10.1 Å². The van der Waals surface area contributed by atoms with Gasteiger partial charge in [0.1, 0.15) is 18.7 Å². The van der Waals surface area contributed by atoms with Crippen molar-refractivity contribution < 1.29 is 4.79 Å². The van der Waals surface area contributed by atoms with Gasteiger partial charge >= 0.3 is 0 Å². The molecule has 138 valence electrons. The largest absolute Gasteiger partial charge is 0.341 e. The van der Waals surface area contributed by atoms with Crippen LogP contribution in [0, 0.1) is 12.8 Å². The molecular formula is C17H25Cl2N5O. The van der Waals surface area contributed by atoms with Gasteiger partial charge in [0.2, 0.25) is 5.91 Å². The number of hydrogen-bond acceptors (Lipinski definition) is 4. The van der Waals surface area contributed by atoms with Crippen molar-refractivity contribution in [1.82, 2.24) is 19.7 Å². The molecule has 0 saturated carbocycles. The predicted octanol–water partition coefficient (Wildman–Crippen LogP) is 2.37. The molecular weight excluding hydrogens is 361 g/mol. The topological polar surface area (TPSA) is 77.0 Å². The highest BCUT2D eigenvalue weighted by molar-refractivity contribution is 5.85. The first-order chi connectivity index (χ1) is 11.1. The molecule has 3 rings (SSSR count). The van der Waals surface area contributed by atoms with Gasteiger partial charge in [0.25, 0.3) is 0 Å². The number of piperidine rings is 1. The maximum absolute atomic E-state index is 12.7. The smallest absolute Gasteiger partial charge is 0.244 e. The average molecular weight is 386 g/mol. The van der Waals surface area contributed by atoms with Crippen molar-refractivity contribution in [2.75, 3.05) is 13.1 Å². The highest BCUT2D eigenvalue weighted by Gasteiger charge is 2.28. The maximum atomic E-state index is 12.7. The Morgan fingerprint density at radius 3 is 2.68 bits per heavy atom. The lowest BCUT2D eigenvalue weighted by Gasteiger charge is -2.34. The molecule has 1 aromatic carbocycles. The molecule has 1 saturated heterocycles. The summed E-state index contributed by atoms with van der Waals surface area (Å²) in [4.78, 5) is 18.6. The Hall–Kier alpha value is -1.63. The Bertz CT molecular complexity index is 648. The fraction of sp³-hybridized carbons (Fsp3) is 0.471. The lowest BCUT2D eigenvalue weighted by molar-refractivity contribution is -0.134. The van der Waals surface area contributed by atoms with E-state index in [0.29, 0.717) is 5.92 Å². The number of aromatic nitrogens is 3. The summed E-state index contributed by atoms with van der Waals surface area (Å²) in [6, 6.07) is 7.28. The second kappa shape index (κ2) is 9.75. The molecule has 2 aromatic rings. The van der Waals surface area contributed by atoms with Crippen LogP contribution in [0.2, 0.25) is 0 Å². The maximum Gasteiger partial charge on any atom is 0.244 e. The third kappa shape index (κ3) is 5.42. The monoisotopic (exact) mass is 385 g/mol. The third-order valence-electron chi connectivity index (χ3n) is 4.45. The molecule has 0 aliphatic carbocycles. The molecule has 0 spiro atoms. The number of nitrogens with zero attached hydrogens (tertiary/aromatic N) is 4. The van der Waals surface area contributed by atoms with Gasteiger partial charge in [-0.15, -0.1) is 24.8 Å². The SMILES string of the molecule is Cc1ccc(C(N)C(=O)N2CCCC(Cn3cncn3)C2)cc1.Cl.Cl. The van der Waals surface area contributed by atoms with Crippen molar-refractivity contribution in [2.24, 2.45) is 11.7 Å². The van der Waals surface area contributed by atoms with Gasteiger partial charge in [0, 0.05) is 19.6 Å². The zero-order chi connectivity index (χ0) is 16.2. The van der Waals surface area contributed by atoms with Gasteiger partial charge in [-0.25, -0.2) is 4.98 Å². The third-order valence-corrected chi connectivity index (χ3v) is 4.45. The Morgan fingerprint density at radius 2 is 2.04 bits per heavy atom. The highest BCUT2D eigenvalue weighted by atomic mass is 35.5.